The van der Waals surface area contributed by atoms with E-state index in [1.54, 1.807) is 6.07 Å². The highest BCUT2D eigenvalue weighted by atomic mass is 35.5. The van der Waals surface area contributed by atoms with Crippen molar-refractivity contribution in [2.45, 2.75) is 44.4 Å². The molecule has 0 amide bonds. The van der Waals surface area contributed by atoms with E-state index in [0.29, 0.717) is 17.2 Å². The van der Waals surface area contributed by atoms with Crippen molar-refractivity contribution in [3.8, 4) is 22.8 Å². The average Bonchev–Trinajstić information content (AvgIpc) is 3.47. The first-order chi connectivity index (χ1) is 15.7. The van der Waals surface area contributed by atoms with Gasteiger partial charge in [0.1, 0.15) is 5.82 Å². The second-order valence-electron chi connectivity index (χ2n) is 8.62. The maximum Gasteiger partial charge on any atom is 0.303 e. The van der Waals surface area contributed by atoms with Crippen LogP contribution in [0, 0.1) is 6.92 Å². The van der Waals surface area contributed by atoms with Gasteiger partial charge in [0.05, 0.1) is 23.6 Å². The molecule has 0 bridgehead atoms. The maximum absolute atomic E-state index is 13.5. The molecule has 0 saturated carbocycles. The van der Waals surface area contributed by atoms with Gasteiger partial charge in [-0.1, -0.05) is 28.9 Å². The predicted molar refractivity (Wildman–Crippen MR) is 118 cm³/mol. The van der Waals surface area contributed by atoms with Crippen molar-refractivity contribution in [3.05, 3.63) is 46.1 Å². The van der Waals surface area contributed by atoms with Crippen molar-refractivity contribution in [1.82, 2.24) is 15.1 Å². The van der Waals surface area contributed by atoms with Gasteiger partial charge in [0, 0.05) is 24.7 Å². The normalized spacial score (nSPS) is 19.2. The number of hydrogen-bond acceptors (Lipinski definition) is 6. The number of carbonyl (C=O) groups is 1. The fourth-order valence-corrected chi connectivity index (χ4v) is 5.06. The van der Waals surface area contributed by atoms with E-state index in [9.17, 15) is 13.6 Å². The summed E-state index contributed by atoms with van der Waals surface area (Å²) in [5, 5.41) is 13.5. The molecule has 1 fully saturated rings. The Morgan fingerprint density at radius 1 is 1.39 bits per heavy atom. The van der Waals surface area contributed by atoms with Crippen molar-refractivity contribution in [1.29, 1.82) is 0 Å². The summed E-state index contributed by atoms with van der Waals surface area (Å²) in [6.45, 7) is 1.76. The minimum Gasteiger partial charge on any atom is -0.481 e. The molecule has 2 aromatic heterocycles. The van der Waals surface area contributed by atoms with Crippen molar-refractivity contribution in [3.63, 3.8) is 0 Å². The molecule has 3 heterocycles. The summed E-state index contributed by atoms with van der Waals surface area (Å²) in [6.07, 6.45) is 3.01. The van der Waals surface area contributed by atoms with Crippen LogP contribution in [0.2, 0.25) is 5.02 Å². The Bertz CT molecular complexity index is 1250. The van der Waals surface area contributed by atoms with E-state index in [4.69, 9.17) is 21.2 Å². The number of rotatable bonds is 5. The molecular formula is C23H21ClF2N4O3. The van der Waals surface area contributed by atoms with Gasteiger partial charge in [-0.15, -0.1) is 0 Å². The number of fused-ring (bicyclic) bond motifs is 1. The number of carboxylic acid groups (broad SMARTS) is 1. The molecule has 172 valence electrons. The first-order valence-electron chi connectivity index (χ1n) is 10.7. The molecule has 1 aromatic carbocycles. The number of anilines is 1. The van der Waals surface area contributed by atoms with Gasteiger partial charge in [-0.25, -0.2) is 13.8 Å². The fourth-order valence-electron chi connectivity index (χ4n) is 4.78. The molecule has 10 heteroatoms. The molecule has 0 radical (unpaired) electrons. The van der Waals surface area contributed by atoms with Gasteiger partial charge >= 0.3 is 5.97 Å². The summed E-state index contributed by atoms with van der Waals surface area (Å²) < 4.78 is 32.5. The number of carboxylic acids is 1. The van der Waals surface area contributed by atoms with E-state index >= 15 is 0 Å². The van der Waals surface area contributed by atoms with Crippen LogP contribution in [-0.2, 0) is 11.2 Å². The van der Waals surface area contributed by atoms with Gasteiger partial charge in [-0.2, -0.15) is 4.98 Å². The largest absolute Gasteiger partial charge is 0.481 e. The smallest absolute Gasteiger partial charge is 0.303 e. The number of benzene rings is 1. The second-order valence-corrected chi connectivity index (χ2v) is 9.03. The van der Waals surface area contributed by atoms with Gasteiger partial charge < -0.3 is 14.5 Å². The summed E-state index contributed by atoms with van der Waals surface area (Å²) in [7, 11) is 0. The topological polar surface area (TPSA) is 92.4 Å². The van der Waals surface area contributed by atoms with E-state index in [0.717, 1.165) is 35.1 Å². The molecule has 1 aliphatic heterocycles. The fraction of sp³-hybridized carbons (Fsp3) is 0.391. The number of aliphatic carboxylic acids is 1. The maximum atomic E-state index is 13.5. The average molecular weight is 475 g/mol. The van der Waals surface area contributed by atoms with Gasteiger partial charge in [0.25, 0.3) is 11.8 Å². The predicted octanol–water partition coefficient (Wildman–Crippen LogP) is 5.11. The highest BCUT2D eigenvalue weighted by Crippen LogP contribution is 2.40. The lowest BCUT2D eigenvalue weighted by molar-refractivity contribution is -0.137. The number of hydrogen-bond donors (Lipinski definition) is 1. The summed E-state index contributed by atoms with van der Waals surface area (Å²) in [6, 6.07) is 5.43. The van der Waals surface area contributed by atoms with Crippen LogP contribution in [0.15, 0.2) is 28.9 Å². The van der Waals surface area contributed by atoms with Crippen molar-refractivity contribution in [2.24, 2.45) is 0 Å². The van der Waals surface area contributed by atoms with Crippen LogP contribution in [0.3, 0.4) is 0 Å². The zero-order valence-corrected chi connectivity index (χ0v) is 18.6. The standard InChI is InChI=1S/C23H21ClF2N4O3/c1-12-15-3-2-13(9-19(31)32)17(15)5-4-16(12)20-28-22(33-29-20)14-8-18(24)21(27-10-14)30-7-6-23(25,26)11-30/h4-5,8,10,13H,2-3,6-7,9,11H2,1H3,(H,31,32). The summed E-state index contributed by atoms with van der Waals surface area (Å²) in [4.78, 5) is 21.4. The molecule has 5 rings (SSSR count). The third-order valence-corrected chi connectivity index (χ3v) is 6.72. The first kappa shape index (κ1) is 21.8. The van der Waals surface area contributed by atoms with E-state index in [-0.39, 0.29) is 36.2 Å². The molecular weight excluding hydrogens is 454 g/mol. The molecule has 1 aliphatic carbocycles. The summed E-state index contributed by atoms with van der Waals surface area (Å²) in [5.41, 5.74) is 4.53. The van der Waals surface area contributed by atoms with Crippen LogP contribution in [0.1, 0.15) is 41.9 Å². The molecule has 1 saturated heterocycles. The van der Waals surface area contributed by atoms with Crippen LogP contribution >= 0.6 is 11.6 Å². The van der Waals surface area contributed by atoms with Gasteiger partial charge in [-0.3, -0.25) is 4.79 Å². The van der Waals surface area contributed by atoms with Crippen LogP contribution in [-0.4, -0.2) is 45.2 Å². The number of halogens is 3. The van der Waals surface area contributed by atoms with Crippen LogP contribution < -0.4 is 4.90 Å². The zero-order chi connectivity index (χ0) is 23.3. The third kappa shape index (κ3) is 4.06. The molecule has 1 N–H and O–H groups in total. The Balaban J connectivity index is 1.40. The quantitative estimate of drug-likeness (QED) is 0.549. The lowest BCUT2D eigenvalue weighted by Crippen LogP contribution is -2.25. The number of pyridine rings is 1. The SMILES string of the molecule is Cc1c(-c2noc(-c3cnc(N4CCC(F)(F)C4)c(Cl)c3)n2)ccc2c1CCC2CC(=O)O. The lowest BCUT2D eigenvalue weighted by Gasteiger charge is -2.18. The van der Waals surface area contributed by atoms with E-state index in [1.807, 2.05) is 19.1 Å². The van der Waals surface area contributed by atoms with Crippen molar-refractivity contribution in [2.75, 3.05) is 18.0 Å². The van der Waals surface area contributed by atoms with Crippen LogP contribution in [0.25, 0.3) is 22.8 Å². The Morgan fingerprint density at radius 2 is 2.21 bits per heavy atom. The molecule has 0 spiro atoms. The Hall–Kier alpha value is -3.07. The molecule has 33 heavy (non-hydrogen) atoms. The summed E-state index contributed by atoms with van der Waals surface area (Å²) in [5.74, 6) is -2.58. The molecule has 7 nitrogen and oxygen atoms in total. The third-order valence-electron chi connectivity index (χ3n) is 6.44. The summed E-state index contributed by atoms with van der Waals surface area (Å²) >= 11 is 6.33. The van der Waals surface area contributed by atoms with Crippen LogP contribution in [0.5, 0.6) is 0 Å². The highest BCUT2D eigenvalue weighted by Gasteiger charge is 2.39. The lowest BCUT2D eigenvalue weighted by atomic mass is 9.93. The zero-order valence-electron chi connectivity index (χ0n) is 17.8. The monoisotopic (exact) mass is 474 g/mol. The van der Waals surface area contributed by atoms with E-state index in [2.05, 4.69) is 15.1 Å². The Morgan fingerprint density at radius 3 is 2.91 bits per heavy atom. The van der Waals surface area contributed by atoms with Gasteiger partial charge in [0.15, 0.2) is 0 Å². The highest BCUT2D eigenvalue weighted by molar-refractivity contribution is 6.33. The minimum absolute atomic E-state index is 0.0216. The van der Waals surface area contributed by atoms with Crippen molar-refractivity contribution >= 4 is 23.4 Å². The molecule has 1 atom stereocenters. The minimum atomic E-state index is -2.74. The van der Waals surface area contributed by atoms with Crippen molar-refractivity contribution < 1.29 is 23.2 Å². The van der Waals surface area contributed by atoms with Crippen LogP contribution in [0.4, 0.5) is 14.6 Å². The first-order valence-corrected chi connectivity index (χ1v) is 11.1. The number of nitrogens with zero attached hydrogens (tertiary/aromatic N) is 4. The van der Waals surface area contributed by atoms with Gasteiger partial charge in [0.2, 0.25) is 5.82 Å². The van der Waals surface area contributed by atoms with E-state index in [1.165, 1.54) is 11.1 Å². The van der Waals surface area contributed by atoms with Gasteiger partial charge in [-0.05, 0) is 48.4 Å². The molecule has 1 unspecified atom stereocenters. The Labute approximate surface area is 193 Å². The number of aromatic nitrogens is 3. The van der Waals surface area contributed by atoms with E-state index < -0.39 is 18.4 Å². The molecule has 3 aromatic rings. The second kappa shape index (κ2) is 8.06. The number of alkyl halides is 2. The Kier molecular flexibility index (Phi) is 5.31. The molecule has 2 aliphatic rings.